The molecule has 1 atom stereocenters. The largest absolute Gasteiger partial charge is 0.457 e. The average molecular weight is 431 g/mol. The van der Waals surface area contributed by atoms with Crippen molar-refractivity contribution in [2.45, 2.75) is 12.6 Å². The summed E-state index contributed by atoms with van der Waals surface area (Å²) in [6.07, 6.45) is 2.85. The Labute approximate surface area is 183 Å². The lowest BCUT2D eigenvalue weighted by molar-refractivity contribution is -0.110. The number of pyridine rings is 1. The van der Waals surface area contributed by atoms with Crippen molar-refractivity contribution in [2.75, 3.05) is 19.0 Å². The van der Waals surface area contributed by atoms with Crippen LogP contribution >= 0.6 is 0 Å². The summed E-state index contributed by atoms with van der Waals surface area (Å²) in [7, 11) is 1.60. The fraction of sp³-hybridized carbons (Fsp3) is 0.174. The van der Waals surface area contributed by atoms with Gasteiger partial charge >= 0.3 is 0 Å². The highest BCUT2D eigenvalue weighted by Gasteiger charge is 2.18. The Bertz CT molecular complexity index is 1240. The van der Waals surface area contributed by atoms with Crippen molar-refractivity contribution in [1.82, 2.24) is 10.3 Å². The molecule has 2 aromatic carbocycles. The molecule has 0 spiro atoms. The number of aromatic nitrogens is 1. The molecule has 0 fully saturated rings. The van der Waals surface area contributed by atoms with Gasteiger partial charge in [-0.25, -0.2) is 4.98 Å². The van der Waals surface area contributed by atoms with Crippen molar-refractivity contribution >= 4 is 40.3 Å². The molecule has 2 amide bonds. The number of nitrogens with zero attached hydrogens (tertiary/aromatic N) is 3. The van der Waals surface area contributed by atoms with Gasteiger partial charge in [-0.05, 0) is 41.1 Å². The van der Waals surface area contributed by atoms with Crippen LogP contribution < -0.4 is 15.4 Å². The summed E-state index contributed by atoms with van der Waals surface area (Å²) in [4.78, 5) is 36.8. The number of rotatable bonds is 7. The van der Waals surface area contributed by atoms with E-state index >= 15 is 0 Å². The summed E-state index contributed by atoms with van der Waals surface area (Å²) < 4.78 is 5.93. The number of carbonyl (C=O) groups excluding carboxylic acids is 2. The number of hydrogen-bond donors (Lipinski definition) is 3. The van der Waals surface area contributed by atoms with Crippen LogP contribution in [0.15, 0.2) is 64.7 Å². The molecule has 3 aromatic rings. The molecule has 2 heterocycles. The summed E-state index contributed by atoms with van der Waals surface area (Å²) in [5.74, 6) is 0.771. The number of nitrogens with one attached hydrogen (secondary N) is 2. The Morgan fingerprint density at radius 3 is 2.75 bits per heavy atom. The van der Waals surface area contributed by atoms with E-state index in [2.05, 4.69) is 25.6 Å². The third-order valence-corrected chi connectivity index (χ3v) is 4.81. The highest BCUT2D eigenvalue weighted by atomic mass is 16.5. The van der Waals surface area contributed by atoms with E-state index < -0.39 is 12.1 Å². The Morgan fingerprint density at radius 1 is 1.09 bits per heavy atom. The van der Waals surface area contributed by atoms with E-state index in [9.17, 15) is 9.59 Å². The molecule has 9 nitrogen and oxygen atoms in total. The van der Waals surface area contributed by atoms with E-state index in [-0.39, 0.29) is 18.2 Å². The maximum absolute atomic E-state index is 12.4. The van der Waals surface area contributed by atoms with Crippen LogP contribution in [-0.2, 0) is 4.79 Å². The molecule has 1 aromatic heterocycles. The van der Waals surface area contributed by atoms with Crippen molar-refractivity contribution in [2.24, 2.45) is 9.98 Å². The van der Waals surface area contributed by atoms with Crippen molar-refractivity contribution in [1.29, 1.82) is 0 Å². The van der Waals surface area contributed by atoms with Crippen LogP contribution in [0.1, 0.15) is 16.8 Å². The first-order chi connectivity index (χ1) is 15.6. The number of amides is 2. The number of benzene rings is 2. The predicted octanol–water partition coefficient (Wildman–Crippen LogP) is 2.56. The number of ether oxygens (including phenoxy) is 1. The molecular formula is C23H21N5O4. The fourth-order valence-corrected chi connectivity index (χ4v) is 3.27. The van der Waals surface area contributed by atoms with Crippen molar-refractivity contribution in [3.63, 3.8) is 0 Å². The van der Waals surface area contributed by atoms with Gasteiger partial charge in [0, 0.05) is 37.9 Å². The maximum Gasteiger partial charge on any atom is 0.276 e. The third kappa shape index (κ3) is 4.62. The van der Waals surface area contributed by atoms with Crippen LogP contribution in [-0.4, -0.2) is 53.7 Å². The molecule has 32 heavy (non-hydrogen) atoms. The Balaban J connectivity index is 1.49. The molecule has 1 aliphatic heterocycles. The zero-order chi connectivity index (χ0) is 22.5. The number of fused-ring (bicyclic) bond motifs is 1. The zero-order valence-corrected chi connectivity index (χ0v) is 17.3. The second-order valence-electron chi connectivity index (χ2n) is 6.99. The van der Waals surface area contributed by atoms with Gasteiger partial charge < -0.3 is 20.5 Å². The molecule has 4 rings (SSSR count). The summed E-state index contributed by atoms with van der Waals surface area (Å²) in [6, 6.07) is 14.2. The van der Waals surface area contributed by atoms with Crippen molar-refractivity contribution in [3.8, 4) is 11.5 Å². The molecule has 1 unspecified atom stereocenters. The molecule has 0 saturated heterocycles. The smallest absolute Gasteiger partial charge is 0.276 e. The molecule has 162 valence electrons. The molecule has 0 bridgehead atoms. The molecule has 0 radical (unpaired) electrons. The minimum atomic E-state index is -0.439. The van der Waals surface area contributed by atoms with Gasteiger partial charge in [0.15, 0.2) is 0 Å². The van der Waals surface area contributed by atoms with Crippen LogP contribution in [0.4, 0.5) is 5.82 Å². The molecule has 0 saturated carbocycles. The number of aliphatic imine (C=N–C) groups is 2. The number of aliphatic hydroxyl groups is 1. The second-order valence-corrected chi connectivity index (χ2v) is 6.99. The van der Waals surface area contributed by atoms with E-state index in [4.69, 9.17) is 9.84 Å². The SMILES string of the molecule is CNC(=O)c1cccc2cc(Oc3ccnc(NC(=O)C4=NC(CCO)N=C4)c3)ccc12. The molecule has 0 aliphatic carbocycles. The monoisotopic (exact) mass is 431 g/mol. The summed E-state index contributed by atoms with van der Waals surface area (Å²) >= 11 is 0. The summed E-state index contributed by atoms with van der Waals surface area (Å²) in [5, 5.41) is 16.0. The standard InChI is InChI=1S/C23H21N5O4/c1-24-22(30)18-4-2-3-14-11-15(5-6-17(14)18)32-16-7-9-25-21(12-16)28-23(31)19-13-26-20(27-19)8-10-29/h2-7,9,11-13,20,29H,8,10H2,1H3,(H,24,30)(H,25,28,31). The molecule has 9 heteroatoms. The van der Waals surface area contributed by atoms with Gasteiger partial charge in [-0.2, -0.15) is 0 Å². The van der Waals surface area contributed by atoms with Gasteiger partial charge in [0.2, 0.25) is 0 Å². The van der Waals surface area contributed by atoms with Gasteiger partial charge in [0.1, 0.15) is 29.2 Å². The van der Waals surface area contributed by atoms with Crippen molar-refractivity contribution in [3.05, 3.63) is 60.3 Å². The summed E-state index contributed by atoms with van der Waals surface area (Å²) in [5.41, 5.74) is 0.767. The first kappa shape index (κ1) is 21.1. The lowest BCUT2D eigenvalue weighted by atomic mass is 10.0. The van der Waals surface area contributed by atoms with Gasteiger partial charge in [-0.3, -0.25) is 19.6 Å². The van der Waals surface area contributed by atoms with Crippen molar-refractivity contribution < 1.29 is 19.4 Å². The second kappa shape index (κ2) is 9.36. The van der Waals surface area contributed by atoms with Gasteiger partial charge in [-0.1, -0.05) is 12.1 Å². The number of anilines is 1. The van der Waals surface area contributed by atoms with Gasteiger partial charge in [-0.15, -0.1) is 0 Å². The Hall–Kier alpha value is -4.11. The lowest BCUT2D eigenvalue weighted by Crippen LogP contribution is -2.23. The van der Waals surface area contributed by atoms with Gasteiger partial charge in [0.05, 0.1) is 6.21 Å². The topological polar surface area (TPSA) is 125 Å². The lowest BCUT2D eigenvalue weighted by Gasteiger charge is -2.10. The van der Waals surface area contributed by atoms with Crippen LogP contribution in [0.2, 0.25) is 0 Å². The van der Waals surface area contributed by atoms with E-state index in [1.165, 1.54) is 12.4 Å². The highest BCUT2D eigenvalue weighted by molar-refractivity contribution is 6.63. The van der Waals surface area contributed by atoms with Crippen LogP contribution in [0.25, 0.3) is 10.8 Å². The third-order valence-electron chi connectivity index (χ3n) is 4.81. The van der Waals surface area contributed by atoms with E-state index in [0.29, 0.717) is 29.3 Å². The fourth-order valence-electron chi connectivity index (χ4n) is 3.27. The Morgan fingerprint density at radius 2 is 1.94 bits per heavy atom. The number of hydrogen-bond acceptors (Lipinski definition) is 7. The van der Waals surface area contributed by atoms with E-state index in [0.717, 1.165) is 10.8 Å². The zero-order valence-electron chi connectivity index (χ0n) is 17.3. The highest BCUT2D eigenvalue weighted by Crippen LogP contribution is 2.28. The van der Waals surface area contributed by atoms with E-state index in [1.807, 2.05) is 24.3 Å². The first-order valence-corrected chi connectivity index (χ1v) is 9.99. The quantitative estimate of drug-likeness (QED) is 0.530. The number of carbonyl (C=O) groups is 2. The predicted molar refractivity (Wildman–Crippen MR) is 122 cm³/mol. The minimum absolute atomic E-state index is 0.0524. The van der Waals surface area contributed by atoms with Crippen LogP contribution in [0.3, 0.4) is 0 Å². The minimum Gasteiger partial charge on any atom is -0.457 e. The van der Waals surface area contributed by atoms with Crippen LogP contribution in [0, 0.1) is 0 Å². The molecule has 3 N–H and O–H groups in total. The number of aliphatic hydroxyl groups excluding tert-OH is 1. The first-order valence-electron chi connectivity index (χ1n) is 9.99. The normalized spacial score (nSPS) is 14.8. The Kier molecular flexibility index (Phi) is 6.18. The van der Waals surface area contributed by atoms with Gasteiger partial charge in [0.25, 0.3) is 11.8 Å². The summed E-state index contributed by atoms with van der Waals surface area (Å²) in [6.45, 7) is -0.0524. The van der Waals surface area contributed by atoms with Crippen LogP contribution in [0.5, 0.6) is 11.5 Å². The molecular weight excluding hydrogens is 410 g/mol. The maximum atomic E-state index is 12.4. The average Bonchev–Trinajstić information content (AvgIpc) is 3.27. The molecule has 1 aliphatic rings. The van der Waals surface area contributed by atoms with E-state index in [1.54, 1.807) is 31.3 Å².